The van der Waals surface area contributed by atoms with E-state index in [-0.39, 0.29) is 0 Å². The number of rotatable bonds is 4. The van der Waals surface area contributed by atoms with Crippen LogP contribution >= 0.6 is 11.3 Å². The summed E-state index contributed by atoms with van der Waals surface area (Å²) in [5.74, 6) is 0. The predicted octanol–water partition coefficient (Wildman–Crippen LogP) is 17.3. The first-order valence-electron chi connectivity index (χ1n) is 22.8. The van der Waals surface area contributed by atoms with Crippen molar-refractivity contribution in [2.24, 2.45) is 0 Å². The molecule has 0 bridgehead atoms. The molecular weight excluding hydrogens is 817 g/mol. The van der Waals surface area contributed by atoms with E-state index in [0.717, 1.165) is 22.7 Å². The second kappa shape index (κ2) is 13.4. The highest BCUT2D eigenvalue weighted by atomic mass is 32.1. The molecule has 0 saturated heterocycles. The van der Waals surface area contributed by atoms with E-state index in [4.69, 9.17) is 0 Å². The van der Waals surface area contributed by atoms with Crippen LogP contribution in [0.4, 0.5) is 17.1 Å². The quantitative estimate of drug-likeness (QED) is 0.171. The summed E-state index contributed by atoms with van der Waals surface area (Å²) < 4.78 is 5.09. The monoisotopic (exact) mass is 854 g/mol. The van der Waals surface area contributed by atoms with Crippen molar-refractivity contribution in [3.63, 3.8) is 0 Å². The molecule has 15 rings (SSSR count). The van der Waals surface area contributed by atoms with Gasteiger partial charge in [-0.1, -0.05) is 176 Å². The van der Waals surface area contributed by atoms with Crippen molar-refractivity contribution in [1.29, 1.82) is 0 Å². The number of hydrogen-bond donors (Lipinski definition) is 0. The Balaban J connectivity index is 1.03. The zero-order valence-corrected chi connectivity index (χ0v) is 36.6. The number of anilines is 3. The predicted molar refractivity (Wildman–Crippen MR) is 280 cm³/mol. The summed E-state index contributed by atoms with van der Waals surface area (Å²) in [6.07, 6.45) is 0. The summed E-state index contributed by atoms with van der Waals surface area (Å²) in [5, 5.41) is 10.1. The minimum Gasteiger partial charge on any atom is -0.310 e. The Morgan fingerprint density at radius 1 is 0.348 bits per heavy atom. The number of fused-ring (bicyclic) bond motifs is 16. The van der Waals surface area contributed by atoms with Gasteiger partial charge < -0.3 is 9.47 Å². The molecule has 13 aromatic rings. The van der Waals surface area contributed by atoms with Gasteiger partial charge in [0.2, 0.25) is 0 Å². The number of aromatic nitrogens is 1. The van der Waals surface area contributed by atoms with Crippen LogP contribution in [-0.2, 0) is 5.41 Å². The smallest absolute Gasteiger partial charge is 0.0726 e. The van der Waals surface area contributed by atoms with Gasteiger partial charge in [0.1, 0.15) is 0 Å². The van der Waals surface area contributed by atoms with E-state index in [1.165, 1.54) is 108 Å². The topological polar surface area (TPSA) is 8.17 Å². The highest BCUT2D eigenvalue weighted by Crippen LogP contribution is 2.62. The maximum absolute atomic E-state index is 2.53. The Morgan fingerprint density at radius 2 is 0.924 bits per heavy atom. The van der Waals surface area contributed by atoms with E-state index < -0.39 is 5.41 Å². The highest BCUT2D eigenvalue weighted by Gasteiger charge is 2.50. The van der Waals surface area contributed by atoms with Gasteiger partial charge in [0.25, 0.3) is 0 Å². The SMILES string of the molecule is c1ccc2c(c1)-c1ccccc1C21c2cc(N(c3ccc4c5ccccc5n(-c5ccc6c(c5)sc5ccccc56)c4c3)c3cccc4ccccc34)ccc2-c2cccc3cccc1c23. The van der Waals surface area contributed by atoms with E-state index in [1.54, 1.807) is 0 Å². The Hall–Kier alpha value is -8.24. The van der Waals surface area contributed by atoms with Crippen LogP contribution in [0.1, 0.15) is 22.3 Å². The first-order valence-corrected chi connectivity index (χ1v) is 23.6. The first-order chi connectivity index (χ1) is 32.7. The van der Waals surface area contributed by atoms with E-state index in [9.17, 15) is 0 Å². The van der Waals surface area contributed by atoms with Crippen molar-refractivity contribution in [2.45, 2.75) is 5.41 Å². The third-order valence-corrected chi connectivity index (χ3v) is 15.9. The Morgan fingerprint density at radius 3 is 1.79 bits per heavy atom. The molecule has 0 fully saturated rings. The molecule has 66 heavy (non-hydrogen) atoms. The van der Waals surface area contributed by atoms with Crippen LogP contribution in [0.5, 0.6) is 0 Å². The Bertz CT molecular complexity index is 4150. The fourth-order valence-electron chi connectivity index (χ4n) is 12.1. The molecule has 3 heteroatoms. The van der Waals surface area contributed by atoms with Gasteiger partial charge in [-0.25, -0.2) is 0 Å². The lowest BCUT2D eigenvalue weighted by Crippen LogP contribution is -2.32. The summed E-state index contributed by atoms with van der Waals surface area (Å²) in [4.78, 5) is 2.51. The summed E-state index contributed by atoms with van der Waals surface area (Å²) >= 11 is 1.87. The van der Waals surface area contributed by atoms with Crippen molar-refractivity contribution in [3.8, 4) is 27.9 Å². The van der Waals surface area contributed by atoms with E-state index >= 15 is 0 Å². The lowest BCUT2D eigenvalue weighted by atomic mass is 9.61. The van der Waals surface area contributed by atoms with Crippen molar-refractivity contribution in [3.05, 3.63) is 253 Å². The van der Waals surface area contributed by atoms with Crippen LogP contribution < -0.4 is 4.90 Å². The van der Waals surface area contributed by atoms with E-state index in [2.05, 4.69) is 240 Å². The Labute approximate surface area is 385 Å². The van der Waals surface area contributed by atoms with Crippen molar-refractivity contribution in [2.75, 3.05) is 4.90 Å². The molecule has 0 atom stereocenters. The van der Waals surface area contributed by atoms with Crippen LogP contribution in [0.2, 0.25) is 0 Å². The third-order valence-electron chi connectivity index (χ3n) is 14.8. The molecule has 0 N–H and O–H groups in total. The van der Waals surface area contributed by atoms with Gasteiger partial charge in [-0.15, -0.1) is 11.3 Å². The summed E-state index contributed by atoms with van der Waals surface area (Å²) in [7, 11) is 0. The van der Waals surface area contributed by atoms with Crippen molar-refractivity contribution < 1.29 is 0 Å². The second-order valence-corrected chi connectivity index (χ2v) is 19.0. The minimum atomic E-state index is -0.529. The fourth-order valence-corrected chi connectivity index (χ4v) is 13.3. The van der Waals surface area contributed by atoms with Gasteiger partial charge in [-0.3, -0.25) is 0 Å². The molecule has 0 radical (unpaired) electrons. The van der Waals surface area contributed by atoms with E-state index in [1.807, 2.05) is 11.3 Å². The summed E-state index contributed by atoms with van der Waals surface area (Å²) in [5.41, 5.74) is 16.9. The largest absolute Gasteiger partial charge is 0.310 e. The standard InChI is InChI=1S/C63H38N2S/c1-2-18-44-39(14-1)15-13-28-57(44)64(42-31-34-49-48-21-5-9-27-58(48)65(59(49)37-42)43-32-35-51-50-22-6-10-29-60(50)66-61(51)38-43)41-30-33-47-52-23-11-16-40-17-12-26-55(62(40)52)63(56(47)36-41)53-24-7-3-19-45(53)46-20-4-8-25-54(46)63/h1-38H. The molecule has 2 heterocycles. The molecule has 2 aliphatic carbocycles. The van der Waals surface area contributed by atoms with Crippen LogP contribution in [-0.4, -0.2) is 4.57 Å². The zero-order chi connectivity index (χ0) is 43.1. The van der Waals surface area contributed by atoms with E-state index in [0.29, 0.717) is 0 Å². The number of benzene rings is 11. The van der Waals surface area contributed by atoms with Crippen molar-refractivity contribution >= 4 is 91.9 Å². The van der Waals surface area contributed by atoms with Crippen LogP contribution in [0.25, 0.3) is 91.5 Å². The minimum absolute atomic E-state index is 0.529. The average molecular weight is 855 g/mol. The molecule has 2 aromatic heterocycles. The lowest BCUT2D eigenvalue weighted by molar-refractivity contribution is 0.773. The molecule has 0 saturated carbocycles. The second-order valence-electron chi connectivity index (χ2n) is 17.9. The zero-order valence-electron chi connectivity index (χ0n) is 35.7. The molecule has 1 spiro atoms. The number of hydrogen-bond acceptors (Lipinski definition) is 2. The molecule has 0 aliphatic heterocycles. The number of para-hydroxylation sites is 1. The normalized spacial score (nSPS) is 13.3. The molecular formula is C63H38N2S. The fraction of sp³-hybridized carbons (Fsp3) is 0.0159. The van der Waals surface area contributed by atoms with Gasteiger partial charge in [-0.05, 0) is 115 Å². The van der Waals surface area contributed by atoms with Crippen LogP contribution in [0, 0.1) is 0 Å². The van der Waals surface area contributed by atoms with Crippen molar-refractivity contribution in [1.82, 2.24) is 4.57 Å². The highest BCUT2D eigenvalue weighted by molar-refractivity contribution is 7.25. The molecule has 0 unspecified atom stereocenters. The molecule has 306 valence electrons. The maximum atomic E-state index is 2.53. The summed E-state index contributed by atoms with van der Waals surface area (Å²) in [6.45, 7) is 0. The summed E-state index contributed by atoms with van der Waals surface area (Å²) in [6, 6.07) is 86.6. The Kier molecular flexibility index (Phi) is 7.34. The third kappa shape index (κ3) is 4.74. The first kappa shape index (κ1) is 36.1. The maximum Gasteiger partial charge on any atom is 0.0726 e. The van der Waals surface area contributed by atoms with Gasteiger partial charge >= 0.3 is 0 Å². The van der Waals surface area contributed by atoms with Crippen LogP contribution in [0.3, 0.4) is 0 Å². The van der Waals surface area contributed by atoms with Gasteiger partial charge in [0.15, 0.2) is 0 Å². The molecule has 2 nitrogen and oxygen atoms in total. The van der Waals surface area contributed by atoms with Gasteiger partial charge in [-0.2, -0.15) is 0 Å². The molecule has 2 aliphatic rings. The molecule has 0 amide bonds. The number of thiophene rings is 1. The molecule has 11 aromatic carbocycles. The average Bonchev–Trinajstić information content (AvgIpc) is 4.02. The van der Waals surface area contributed by atoms with Gasteiger partial charge in [0, 0.05) is 53.4 Å². The number of nitrogens with zero attached hydrogens (tertiary/aromatic N) is 2. The lowest BCUT2D eigenvalue weighted by Gasteiger charge is -2.41. The van der Waals surface area contributed by atoms with Crippen LogP contribution in [0.15, 0.2) is 231 Å². The van der Waals surface area contributed by atoms with Gasteiger partial charge in [0.05, 0.1) is 22.1 Å².